The molecule has 1 heterocycles. The minimum absolute atomic E-state index is 0.624. The Morgan fingerprint density at radius 3 is 2.68 bits per heavy atom. The Kier molecular flexibility index (Phi) is 5.26. The summed E-state index contributed by atoms with van der Waals surface area (Å²) in [4.78, 5) is 4.29. The molecule has 3 heteroatoms. The lowest BCUT2D eigenvalue weighted by Gasteiger charge is -2.33. The first-order chi connectivity index (χ1) is 9.11. The highest BCUT2D eigenvalue weighted by Gasteiger charge is 2.24. The summed E-state index contributed by atoms with van der Waals surface area (Å²) in [6, 6.07) is 2.69. The Balaban J connectivity index is 1.90. The fraction of sp³-hybridized carbons (Fsp3) is 0.688. The molecule has 0 saturated heterocycles. The number of hydrogen-bond acceptors (Lipinski definition) is 2. The third-order valence-electron chi connectivity index (χ3n) is 4.64. The molecular weight excluding hydrogens is 300 g/mol. The molecule has 1 saturated carbocycles. The molecule has 0 amide bonds. The second kappa shape index (κ2) is 6.74. The Labute approximate surface area is 125 Å². The summed E-state index contributed by atoms with van der Waals surface area (Å²) in [5.74, 6) is 1.82. The Bertz CT molecular complexity index is 411. The van der Waals surface area contributed by atoms with Gasteiger partial charge in [0.05, 0.1) is 15.9 Å². The van der Waals surface area contributed by atoms with Gasteiger partial charge in [-0.1, -0.05) is 20.3 Å². The molecule has 1 aliphatic rings. The van der Waals surface area contributed by atoms with Crippen molar-refractivity contribution in [3.05, 3.63) is 22.4 Å². The van der Waals surface area contributed by atoms with Crippen LogP contribution in [0.5, 0.6) is 0 Å². The maximum absolute atomic E-state index is 4.29. The number of aromatic nitrogens is 1. The molecule has 106 valence electrons. The van der Waals surface area contributed by atoms with Crippen LogP contribution in [0.1, 0.15) is 51.6 Å². The molecule has 19 heavy (non-hydrogen) atoms. The first-order valence-electron chi connectivity index (χ1n) is 7.49. The van der Waals surface area contributed by atoms with Gasteiger partial charge in [-0.25, -0.2) is 0 Å². The topological polar surface area (TPSA) is 24.9 Å². The fourth-order valence-corrected chi connectivity index (χ4v) is 3.39. The monoisotopic (exact) mass is 324 g/mol. The summed E-state index contributed by atoms with van der Waals surface area (Å²) in [7, 11) is 0. The third-order valence-corrected chi connectivity index (χ3v) is 5.64. The molecule has 2 rings (SSSR count). The van der Waals surface area contributed by atoms with Crippen LogP contribution < -0.4 is 5.32 Å². The molecule has 1 N–H and O–H groups in total. The van der Waals surface area contributed by atoms with Crippen LogP contribution in [-0.4, -0.2) is 11.0 Å². The first kappa shape index (κ1) is 14.8. The quantitative estimate of drug-likeness (QED) is 0.826. The van der Waals surface area contributed by atoms with Gasteiger partial charge in [-0.15, -0.1) is 0 Å². The molecule has 0 radical (unpaired) electrons. The molecular formula is C16H25BrN2. The number of hydrogen-bond donors (Lipinski definition) is 1. The van der Waals surface area contributed by atoms with Crippen LogP contribution in [0.2, 0.25) is 0 Å². The van der Waals surface area contributed by atoms with Crippen molar-refractivity contribution in [3.63, 3.8) is 0 Å². The maximum Gasteiger partial charge on any atom is 0.0619 e. The predicted octanol–water partition coefficient (Wildman–Crippen LogP) is 5.17. The largest absolute Gasteiger partial charge is 0.381 e. The highest BCUT2D eigenvalue weighted by molar-refractivity contribution is 9.10. The lowest BCUT2D eigenvalue weighted by molar-refractivity contribution is 0.248. The second-order valence-electron chi connectivity index (χ2n) is 5.90. The number of nitrogens with one attached hydrogen (secondary N) is 1. The average Bonchev–Trinajstić information content (AvgIpc) is 2.44. The Morgan fingerprint density at radius 2 is 2.05 bits per heavy atom. The van der Waals surface area contributed by atoms with E-state index in [1.165, 1.54) is 37.8 Å². The number of rotatable bonds is 4. The van der Waals surface area contributed by atoms with Crippen molar-refractivity contribution < 1.29 is 0 Å². The van der Waals surface area contributed by atoms with E-state index in [0.717, 1.165) is 22.0 Å². The van der Waals surface area contributed by atoms with Gasteiger partial charge in [0.25, 0.3) is 0 Å². The van der Waals surface area contributed by atoms with Gasteiger partial charge in [-0.2, -0.15) is 0 Å². The summed E-state index contributed by atoms with van der Waals surface area (Å²) in [6.07, 6.45) is 8.53. The number of anilines is 1. The van der Waals surface area contributed by atoms with E-state index in [9.17, 15) is 0 Å². The lowest BCUT2D eigenvalue weighted by Crippen LogP contribution is -2.28. The van der Waals surface area contributed by atoms with Crippen LogP contribution in [0, 0.1) is 18.8 Å². The SMILES string of the molecule is CCC(C)[C@H]1CC[C@@H](Nc2ccnc(C)c2Br)CC1. The molecule has 0 bridgehead atoms. The van der Waals surface area contributed by atoms with E-state index in [1.54, 1.807) is 0 Å². The summed E-state index contributed by atoms with van der Waals surface area (Å²) >= 11 is 3.63. The van der Waals surface area contributed by atoms with E-state index >= 15 is 0 Å². The van der Waals surface area contributed by atoms with Crippen molar-refractivity contribution in [1.29, 1.82) is 0 Å². The molecule has 0 aromatic carbocycles. The van der Waals surface area contributed by atoms with Gasteiger partial charge in [-0.3, -0.25) is 4.98 Å². The number of aryl methyl sites for hydroxylation is 1. The zero-order valence-electron chi connectivity index (χ0n) is 12.2. The van der Waals surface area contributed by atoms with Crippen LogP contribution in [0.15, 0.2) is 16.7 Å². The van der Waals surface area contributed by atoms with E-state index in [2.05, 4.69) is 46.1 Å². The number of halogens is 1. The summed E-state index contributed by atoms with van der Waals surface area (Å²) in [5.41, 5.74) is 2.25. The van der Waals surface area contributed by atoms with Crippen LogP contribution in [-0.2, 0) is 0 Å². The molecule has 1 aromatic heterocycles. The average molecular weight is 325 g/mol. The van der Waals surface area contributed by atoms with Crippen molar-refractivity contribution in [3.8, 4) is 0 Å². The zero-order chi connectivity index (χ0) is 13.8. The van der Waals surface area contributed by atoms with Crippen LogP contribution in [0.3, 0.4) is 0 Å². The summed E-state index contributed by atoms with van der Waals surface area (Å²) < 4.78 is 1.11. The molecule has 0 spiro atoms. The number of nitrogens with zero attached hydrogens (tertiary/aromatic N) is 1. The van der Waals surface area contributed by atoms with Crippen molar-refractivity contribution in [2.75, 3.05) is 5.32 Å². The van der Waals surface area contributed by atoms with Gasteiger partial charge in [-0.05, 0) is 66.4 Å². The van der Waals surface area contributed by atoms with E-state index < -0.39 is 0 Å². The van der Waals surface area contributed by atoms with Gasteiger partial charge in [0.15, 0.2) is 0 Å². The second-order valence-corrected chi connectivity index (χ2v) is 6.69. The van der Waals surface area contributed by atoms with E-state index in [-0.39, 0.29) is 0 Å². The van der Waals surface area contributed by atoms with Gasteiger partial charge >= 0.3 is 0 Å². The fourth-order valence-electron chi connectivity index (χ4n) is 3.05. The Morgan fingerprint density at radius 1 is 1.37 bits per heavy atom. The minimum Gasteiger partial charge on any atom is -0.381 e. The summed E-state index contributed by atoms with van der Waals surface area (Å²) in [6.45, 7) is 6.75. The smallest absolute Gasteiger partial charge is 0.0619 e. The molecule has 1 unspecified atom stereocenters. The zero-order valence-corrected chi connectivity index (χ0v) is 13.8. The van der Waals surface area contributed by atoms with Crippen molar-refractivity contribution in [1.82, 2.24) is 4.98 Å². The predicted molar refractivity (Wildman–Crippen MR) is 85.5 cm³/mol. The molecule has 1 atom stereocenters. The van der Waals surface area contributed by atoms with Gasteiger partial charge in [0.2, 0.25) is 0 Å². The van der Waals surface area contributed by atoms with Crippen molar-refractivity contribution in [2.45, 2.75) is 58.9 Å². The van der Waals surface area contributed by atoms with Gasteiger partial charge < -0.3 is 5.32 Å². The summed E-state index contributed by atoms with van der Waals surface area (Å²) in [5, 5.41) is 3.68. The molecule has 1 aliphatic carbocycles. The highest BCUT2D eigenvalue weighted by Crippen LogP contribution is 2.34. The van der Waals surface area contributed by atoms with Gasteiger partial charge in [0, 0.05) is 12.2 Å². The molecule has 1 fully saturated rings. The standard InChI is InChI=1S/C16H25BrN2/c1-4-11(2)13-5-7-14(8-6-13)19-15-9-10-18-12(3)16(15)17/h9-11,13-14H,4-8H2,1-3H3,(H,18,19)/t11?,13-,14+. The van der Waals surface area contributed by atoms with Crippen LogP contribution in [0.25, 0.3) is 0 Å². The minimum atomic E-state index is 0.624. The third kappa shape index (κ3) is 3.71. The molecule has 1 aromatic rings. The maximum atomic E-state index is 4.29. The van der Waals surface area contributed by atoms with Crippen molar-refractivity contribution >= 4 is 21.6 Å². The molecule has 0 aliphatic heterocycles. The number of pyridine rings is 1. The van der Waals surface area contributed by atoms with Gasteiger partial charge in [0.1, 0.15) is 0 Å². The van der Waals surface area contributed by atoms with Crippen molar-refractivity contribution in [2.24, 2.45) is 11.8 Å². The van der Waals surface area contributed by atoms with E-state index in [1.807, 2.05) is 13.1 Å². The Hall–Kier alpha value is -0.570. The van der Waals surface area contributed by atoms with E-state index in [4.69, 9.17) is 0 Å². The van der Waals surface area contributed by atoms with E-state index in [0.29, 0.717) is 6.04 Å². The lowest BCUT2D eigenvalue weighted by atomic mass is 9.78. The molecule has 2 nitrogen and oxygen atoms in total. The van der Waals surface area contributed by atoms with Crippen LogP contribution >= 0.6 is 15.9 Å². The highest BCUT2D eigenvalue weighted by atomic mass is 79.9. The first-order valence-corrected chi connectivity index (χ1v) is 8.28. The normalized spacial score (nSPS) is 25.1. The van der Waals surface area contributed by atoms with Crippen LogP contribution in [0.4, 0.5) is 5.69 Å².